The van der Waals surface area contributed by atoms with Crippen LogP contribution in [0, 0.1) is 11.8 Å². The van der Waals surface area contributed by atoms with Crippen LogP contribution in [0.5, 0.6) is 5.75 Å². The van der Waals surface area contributed by atoms with E-state index in [-0.39, 0.29) is 27.5 Å². The highest BCUT2D eigenvalue weighted by atomic mass is 32.2. The van der Waals surface area contributed by atoms with E-state index in [1.807, 2.05) is 18.2 Å². The number of carbonyl (C=O) groups excluding carboxylic acids is 2. The summed E-state index contributed by atoms with van der Waals surface area (Å²) in [4.78, 5) is 23.9. The monoisotopic (exact) mass is 451 g/mol. The quantitative estimate of drug-likeness (QED) is 0.568. The second kappa shape index (κ2) is 9.59. The molecule has 162 valence electrons. The van der Waals surface area contributed by atoms with Gasteiger partial charge in [0.05, 0.1) is 16.9 Å². The van der Waals surface area contributed by atoms with Crippen LogP contribution in [0.3, 0.4) is 0 Å². The number of benzene rings is 1. The lowest BCUT2D eigenvalue weighted by atomic mass is 9.81. The number of ether oxygens (including phenoxy) is 1. The minimum absolute atomic E-state index is 0.0282. The number of thiophene rings is 1. The van der Waals surface area contributed by atoms with Gasteiger partial charge in [-0.05, 0) is 49.8 Å². The number of hydrogen-bond donors (Lipinski definition) is 3. The number of methoxy groups -OCH3 is 1. The molecule has 3 rings (SSSR count). The number of anilines is 1. The highest BCUT2D eigenvalue weighted by molar-refractivity contribution is 7.89. The third kappa shape index (κ3) is 5.59. The number of nitrogens with two attached hydrogens (primary N) is 1. The molecule has 10 heteroatoms. The normalized spacial score (nSPS) is 19.2. The molecule has 1 fully saturated rings. The molecule has 1 aromatic heterocycles. The van der Waals surface area contributed by atoms with E-state index >= 15 is 0 Å². The Hall–Kier alpha value is -2.43. The first-order valence-corrected chi connectivity index (χ1v) is 12.0. The first-order chi connectivity index (χ1) is 14.3. The summed E-state index contributed by atoms with van der Waals surface area (Å²) in [6.45, 7) is 0.300. The molecule has 0 atom stereocenters. The van der Waals surface area contributed by atoms with Crippen LogP contribution < -0.4 is 20.5 Å². The van der Waals surface area contributed by atoms with Gasteiger partial charge in [0.25, 0.3) is 5.91 Å². The van der Waals surface area contributed by atoms with E-state index in [2.05, 4.69) is 10.0 Å². The van der Waals surface area contributed by atoms with Crippen molar-refractivity contribution in [3.8, 4) is 5.75 Å². The Morgan fingerprint density at radius 1 is 1.20 bits per heavy atom. The fourth-order valence-electron chi connectivity index (χ4n) is 3.47. The number of amides is 2. The van der Waals surface area contributed by atoms with Crippen molar-refractivity contribution in [2.45, 2.75) is 30.6 Å². The van der Waals surface area contributed by atoms with Crippen molar-refractivity contribution in [2.24, 2.45) is 17.6 Å². The Morgan fingerprint density at radius 3 is 2.57 bits per heavy atom. The Kier molecular flexibility index (Phi) is 7.11. The molecule has 0 unspecified atom stereocenters. The first kappa shape index (κ1) is 22.3. The zero-order valence-corrected chi connectivity index (χ0v) is 18.2. The van der Waals surface area contributed by atoms with Crippen molar-refractivity contribution in [1.29, 1.82) is 0 Å². The predicted octanol–water partition coefficient (Wildman–Crippen LogP) is 2.58. The molecule has 2 amide bonds. The van der Waals surface area contributed by atoms with Gasteiger partial charge in [0.15, 0.2) is 0 Å². The van der Waals surface area contributed by atoms with Crippen molar-refractivity contribution < 1.29 is 22.7 Å². The van der Waals surface area contributed by atoms with Crippen LogP contribution in [0.4, 0.5) is 5.69 Å². The summed E-state index contributed by atoms with van der Waals surface area (Å²) in [5.74, 6) is 0.0674. The molecule has 0 spiro atoms. The number of sulfonamides is 1. The molecule has 30 heavy (non-hydrogen) atoms. The van der Waals surface area contributed by atoms with Crippen LogP contribution in [0.2, 0.25) is 0 Å². The average Bonchev–Trinajstić information content (AvgIpc) is 3.24. The van der Waals surface area contributed by atoms with Gasteiger partial charge < -0.3 is 15.8 Å². The lowest BCUT2D eigenvalue weighted by Gasteiger charge is -2.27. The summed E-state index contributed by atoms with van der Waals surface area (Å²) in [5.41, 5.74) is 5.87. The van der Waals surface area contributed by atoms with Gasteiger partial charge >= 0.3 is 0 Å². The van der Waals surface area contributed by atoms with Crippen molar-refractivity contribution in [2.75, 3.05) is 19.0 Å². The van der Waals surface area contributed by atoms with E-state index in [0.29, 0.717) is 30.8 Å². The van der Waals surface area contributed by atoms with Gasteiger partial charge in [-0.3, -0.25) is 9.59 Å². The fourth-order valence-corrected chi connectivity index (χ4v) is 5.72. The van der Waals surface area contributed by atoms with Gasteiger partial charge in [-0.2, -0.15) is 0 Å². The number of hydrogen-bond acceptors (Lipinski definition) is 6. The van der Waals surface area contributed by atoms with E-state index in [1.54, 1.807) is 13.2 Å². The van der Waals surface area contributed by atoms with Gasteiger partial charge in [0.2, 0.25) is 15.9 Å². The maximum atomic E-state index is 12.5. The summed E-state index contributed by atoms with van der Waals surface area (Å²) < 4.78 is 32.6. The van der Waals surface area contributed by atoms with Crippen LogP contribution in [0.25, 0.3) is 0 Å². The summed E-state index contributed by atoms with van der Waals surface area (Å²) in [6.07, 6.45) is 2.92. The molecule has 1 saturated carbocycles. The molecular weight excluding hydrogens is 426 g/mol. The molecule has 0 bridgehead atoms. The molecular formula is C20H25N3O5S2. The Balaban J connectivity index is 1.48. The zero-order valence-electron chi connectivity index (χ0n) is 16.6. The zero-order chi connectivity index (χ0) is 21.7. The SMILES string of the molecule is COc1cccc(NC(=O)C2CCC(CNS(=O)(=O)c3csc(C(N)=O)c3)CC2)c1. The molecule has 0 radical (unpaired) electrons. The second-order valence-electron chi connectivity index (χ2n) is 7.30. The molecule has 0 aliphatic heterocycles. The Labute approximate surface area is 179 Å². The fraction of sp³-hybridized carbons (Fsp3) is 0.400. The maximum absolute atomic E-state index is 12.5. The van der Waals surface area contributed by atoms with Crippen molar-refractivity contribution >= 4 is 38.9 Å². The number of nitrogens with one attached hydrogen (secondary N) is 2. The molecule has 1 aliphatic rings. The van der Waals surface area contributed by atoms with E-state index in [4.69, 9.17) is 10.5 Å². The number of carbonyl (C=O) groups is 2. The molecule has 4 N–H and O–H groups in total. The van der Waals surface area contributed by atoms with Gasteiger partial charge in [-0.1, -0.05) is 6.07 Å². The third-order valence-corrected chi connectivity index (χ3v) is 7.74. The summed E-state index contributed by atoms with van der Waals surface area (Å²) in [7, 11) is -2.11. The van der Waals surface area contributed by atoms with Crippen LogP contribution in [0.1, 0.15) is 35.4 Å². The second-order valence-corrected chi connectivity index (χ2v) is 9.98. The van der Waals surface area contributed by atoms with Crippen molar-refractivity contribution in [1.82, 2.24) is 4.72 Å². The van der Waals surface area contributed by atoms with E-state index < -0.39 is 15.9 Å². The van der Waals surface area contributed by atoms with Crippen LogP contribution in [-0.4, -0.2) is 33.9 Å². The summed E-state index contributed by atoms with van der Waals surface area (Å²) >= 11 is 1.01. The van der Waals surface area contributed by atoms with E-state index in [1.165, 1.54) is 11.4 Å². The first-order valence-electron chi connectivity index (χ1n) is 9.61. The molecule has 1 heterocycles. The Morgan fingerprint density at radius 2 is 1.93 bits per heavy atom. The number of rotatable bonds is 8. The van der Waals surface area contributed by atoms with Crippen LogP contribution in [0.15, 0.2) is 40.6 Å². The van der Waals surface area contributed by atoms with Gasteiger partial charge in [0, 0.05) is 29.6 Å². The smallest absolute Gasteiger partial charge is 0.258 e. The minimum atomic E-state index is -3.69. The lowest BCUT2D eigenvalue weighted by molar-refractivity contribution is -0.121. The van der Waals surface area contributed by atoms with Crippen LogP contribution >= 0.6 is 11.3 Å². The van der Waals surface area contributed by atoms with Gasteiger partial charge in [0.1, 0.15) is 5.75 Å². The molecule has 1 aliphatic carbocycles. The Bertz CT molecular complexity index is 1010. The lowest BCUT2D eigenvalue weighted by Crippen LogP contribution is -2.33. The number of primary amides is 1. The van der Waals surface area contributed by atoms with E-state index in [9.17, 15) is 18.0 Å². The summed E-state index contributed by atoms with van der Waals surface area (Å²) in [6, 6.07) is 8.50. The van der Waals surface area contributed by atoms with Gasteiger partial charge in [-0.15, -0.1) is 11.3 Å². The predicted molar refractivity (Wildman–Crippen MR) is 115 cm³/mol. The highest BCUT2D eigenvalue weighted by Gasteiger charge is 2.28. The minimum Gasteiger partial charge on any atom is -0.497 e. The van der Waals surface area contributed by atoms with Gasteiger partial charge in [-0.25, -0.2) is 13.1 Å². The topological polar surface area (TPSA) is 128 Å². The van der Waals surface area contributed by atoms with E-state index in [0.717, 1.165) is 24.2 Å². The highest BCUT2D eigenvalue weighted by Crippen LogP contribution is 2.30. The third-order valence-electron chi connectivity index (χ3n) is 5.25. The van der Waals surface area contributed by atoms with Crippen LogP contribution in [-0.2, 0) is 14.8 Å². The summed E-state index contributed by atoms with van der Waals surface area (Å²) in [5, 5.41) is 4.33. The standard InChI is InChI=1S/C20H25N3O5S2/c1-28-16-4-2-3-15(9-16)23-20(25)14-7-5-13(6-8-14)11-22-30(26,27)17-10-18(19(21)24)29-12-17/h2-4,9-10,12-14,22H,5-8,11H2,1H3,(H2,21,24)(H,23,25). The molecule has 1 aromatic carbocycles. The van der Waals surface area contributed by atoms with Crippen molar-refractivity contribution in [3.63, 3.8) is 0 Å². The average molecular weight is 452 g/mol. The van der Waals surface area contributed by atoms with Crippen molar-refractivity contribution in [3.05, 3.63) is 40.6 Å². The largest absolute Gasteiger partial charge is 0.497 e. The molecule has 0 saturated heterocycles. The molecule has 2 aromatic rings. The molecule has 8 nitrogen and oxygen atoms in total. The maximum Gasteiger partial charge on any atom is 0.258 e.